The molecule has 0 bridgehead atoms. The molecular weight excluding hydrogens is 411 g/mol. The fourth-order valence-electron chi connectivity index (χ4n) is 2.90. The molecule has 0 fully saturated rings. The normalized spacial score (nSPS) is 11.8. The highest BCUT2D eigenvalue weighted by atomic mass is 19.1. The van der Waals surface area contributed by atoms with Gasteiger partial charge in [-0.25, -0.2) is 9.07 Å². The second-order valence-corrected chi connectivity index (χ2v) is 7.88. The second kappa shape index (κ2) is 9.55. The summed E-state index contributed by atoms with van der Waals surface area (Å²) < 4.78 is 14.2. The number of aryl methyl sites for hydroxylation is 1. The van der Waals surface area contributed by atoms with Crippen molar-refractivity contribution in [3.63, 3.8) is 0 Å². The summed E-state index contributed by atoms with van der Waals surface area (Å²) >= 11 is 0. The van der Waals surface area contributed by atoms with Gasteiger partial charge < -0.3 is 10.6 Å². The van der Waals surface area contributed by atoms with Gasteiger partial charge in [-0.3, -0.25) is 14.4 Å². The van der Waals surface area contributed by atoms with Crippen molar-refractivity contribution >= 4 is 23.2 Å². The lowest BCUT2D eigenvalue weighted by molar-refractivity contribution is -0.119. The van der Waals surface area contributed by atoms with Crippen LogP contribution in [-0.4, -0.2) is 21.6 Å². The average Bonchev–Trinajstić information content (AvgIpc) is 2.76. The number of halogens is 1. The molecule has 2 aromatic carbocycles. The summed E-state index contributed by atoms with van der Waals surface area (Å²) in [7, 11) is 0. The van der Waals surface area contributed by atoms with Gasteiger partial charge in [0.2, 0.25) is 11.8 Å². The largest absolute Gasteiger partial charge is 0.324 e. The van der Waals surface area contributed by atoms with Gasteiger partial charge >= 0.3 is 0 Å². The molecule has 2 N–H and O–H groups in total. The number of amides is 2. The Balaban J connectivity index is 2.01. The highest BCUT2D eigenvalue weighted by Gasteiger charge is 2.22. The Morgan fingerprint density at radius 2 is 1.56 bits per heavy atom. The maximum absolute atomic E-state index is 13.1. The van der Waals surface area contributed by atoms with Crippen molar-refractivity contribution in [2.24, 2.45) is 5.92 Å². The Hall–Kier alpha value is -3.81. The average molecular weight is 436 g/mol. The first kappa shape index (κ1) is 22.9. The molecule has 0 unspecified atom stereocenters. The first-order valence-corrected chi connectivity index (χ1v) is 10.2. The third kappa shape index (κ3) is 5.26. The molecule has 32 heavy (non-hydrogen) atoms. The van der Waals surface area contributed by atoms with Gasteiger partial charge in [0.05, 0.1) is 5.69 Å². The Morgan fingerprint density at radius 3 is 2.16 bits per heavy atom. The van der Waals surface area contributed by atoms with Gasteiger partial charge in [0, 0.05) is 17.2 Å². The van der Waals surface area contributed by atoms with E-state index < -0.39 is 23.3 Å². The van der Waals surface area contributed by atoms with Crippen molar-refractivity contribution < 1.29 is 14.0 Å². The molecule has 1 heterocycles. The van der Waals surface area contributed by atoms with Crippen LogP contribution in [0.25, 0.3) is 11.3 Å². The lowest BCUT2D eigenvalue weighted by Crippen LogP contribution is -2.36. The summed E-state index contributed by atoms with van der Waals surface area (Å²) in [6, 6.07) is 13.3. The van der Waals surface area contributed by atoms with E-state index in [2.05, 4.69) is 15.7 Å². The van der Waals surface area contributed by atoms with E-state index >= 15 is 0 Å². The van der Waals surface area contributed by atoms with Crippen LogP contribution in [0.3, 0.4) is 0 Å². The molecule has 7 nitrogen and oxygen atoms in total. The van der Waals surface area contributed by atoms with Gasteiger partial charge in [-0.1, -0.05) is 43.7 Å². The molecule has 3 aromatic rings. The van der Waals surface area contributed by atoms with Crippen molar-refractivity contribution in [1.29, 1.82) is 0 Å². The van der Waals surface area contributed by atoms with E-state index in [1.807, 2.05) is 31.2 Å². The molecule has 1 aromatic heterocycles. The molecule has 0 saturated heterocycles. The summed E-state index contributed by atoms with van der Waals surface area (Å²) in [5, 5.41) is 9.68. The smallest absolute Gasteiger partial charge is 0.291 e. The molecule has 0 radical (unpaired) electrons. The number of nitrogens with one attached hydrogen (secondary N) is 2. The van der Waals surface area contributed by atoms with Crippen LogP contribution in [0.1, 0.15) is 32.4 Å². The van der Waals surface area contributed by atoms with Crippen LogP contribution in [0.4, 0.5) is 15.8 Å². The first-order valence-electron chi connectivity index (χ1n) is 10.2. The Labute approximate surface area is 185 Å². The highest BCUT2D eigenvalue weighted by Crippen LogP contribution is 2.21. The SMILES string of the molecule is Cc1ccc(-c2cc(NC(=O)C(C)C)c(=O)n([C@@H](C)C(=O)Nc3ccc(F)cc3)n2)cc1. The molecule has 2 amide bonds. The van der Waals surface area contributed by atoms with Gasteiger partial charge in [-0.2, -0.15) is 5.10 Å². The standard InChI is InChI=1S/C24H25FN4O3/c1-14(2)22(30)27-21-13-20(17-7-5-15(3)6-8-17)28-29(24(21)32)16(4)23(31)26-19-11-9-18(25)10-12-19/h5-14,16H,1-4H3,(H,26,31)(H,27,30)/t16-/m0/s1. The lowest BCUT2D eigenvalue weighted by atomic mass is 10.1. The van der Waals surface area contributed by atoms with E-state index in [4.69, 9.17) is 0 Å². The van der Waals surface area contributed by atoms with Crippen LogP contribution in [0.5, 0.6) is 0 Å². The zero-order valence-electron chi connectivity index (χ0n) is 18.3. The predicted octanol–water partition coefficient (Wildman–Crippen LogP) is 4.15. The van der Waals surface area contributed by atoms with E-state index in [9.17, 15) is 18.8 Å². The van der Waals surface area contributed by atoms with Gasteiger partial charge in [-0.15, -0.1) is 0 Å². The quantitative estimate of drug-likeness (QED) is 0.607. The second-order valence-electron chi connectivity index (χ2n) is 7.88. The van der Waals surface area contributed by atoms with Crippen LogP contribution >= 0.6 is 0 Å². The van der Waals surface area contributed by atoms with E-state index in [0.29, 0.717) is 11.4 Å². The Kier molecular flexibility index (Phi) is 6.82. The van der Waals surface area contributed by atoms with Crippen molar-refractivity contribution in [1.82, 2.24) is 9.78 Å². The third-order valence-corrected chi connectivity index (χ3v) is 4.92. The number of hydrogen-bond acceptors (Lipinski definition) is 4. The molecule has 0 aliphatic carbocycles. The fraction of sp³-hybridized carbons (Fsp3) is 0.250. The summed E-state index contributed by atoms with van der Waals surface area (Å²) in [5.41, 5.74) is 2.05. The van der Waals surface area contributed by atoms with Crippen molar-refractivity contribution in [2.75, 3.05) is 10.6 Å². The molecule has 0 aliphatic heterocycles. The van der Waals surface area contributed by atoms with Gasteiger partial charge in [0.15, 0.2) is 0 Å². The van der Waals surface area contributed by atoms with Gasteiger partial charge in [0.1, 0.15) is 17.5 Å². The molecule has 0 spiro atoms. The molecule has 1 atom stereocenters. The number of hydrogen-bond donors (Lipinski definition) is 2. The number of aromatic nitrogens is 2. The lowest BCUT2D eigenvalue weighted by Gasteiger charge is -2.17. The van der Waals surface area contributed by atoms with Gasteiger partial charge in [-0.05, 0) is 44.2 Å². The minimum absolute atomic E-state index is 0.0377. The zero-order chi connectivity index (χ0) is 23.4. The number of rotatable bonds is 6. The summed E-state index contributed by atoms with van der Waals surface area (Å²) in [6.45, 7) is 6.91. The number of anilines is 2. The molecular formula is C24H25FN4O3. The Morgan fingerprint density at radius 1 is 0.938 bits per heavy atom. The highest BCUT2D eigenvalue weighted by molar-refractivity contribution is 5.94. The zero-order valence-corrected chi connectivity index (χ0v) is 18.3. The fourth-order valence-corrected chi connectivity index (χ4v) is 2.90. The third-order valence-electron chi connectivity index (χ3n) is 4.92. The van der Waals surface area contributed by atoms with Crippen molar-refractivity contribution in [3.05, 3.63) is 76.3 Å². The molecule has 166 valence electrons. The molecule has 3 rings (SSSR count). The predicted molar refractivity (Wildman–Crippen MR) is 122 cm³/mol. The molecule has 0 aliphatic rings. The number of nitrogens with zero attached hydrogens (tertiary/aromatic N) is 2. The van der Waals surface area contributed by atoms with E-state index in [-0.39, 0.29) is 17.5 Å². The van der Waals surface area contributed by atoms with Crippen LogP contribution < -0.4 is 16.2 Å². The minimum Gasteiger partial charge on any atom is -0.324 e. The van der Waals surface area contributed by atoms with Crippen LogP contribution in [0.15, 0.2) is 59.4 Å². The maximum Gasteiger partial charge on any atom is 0.291 e. The molecule has 0 saturated carbocycles. The monoisotopic (exact) mass is 436 g/mol. The minimum atomic E-state index is -0.993. The van der Waals surface area contributed by atoms with Gasteiger partial charge in [0.25, 0.3) is 5.56 Å². The molecule has 8 heteroatoms. The summed E-state index contributed by atoms with van der Waals surface area (Å²) in [4.78, 5) is 38.1. The first-order chi connectivity index (χ1) is 15.2. The van der Waals surface area contributed by atoms with Crippen LogP contribution in [0.2, 0.25) is 0 Å². The Bertz CT molecular complexity index is 1190. The van der Waals surface area contributed by atoms with E-state index in [0.717, 1.165) is 15.8 Å². The number of carbonyl (C=O) groups is 2. The van der Waals surface area contributed by atoms with Crippen LogP contribution in [-0.2, 0) is 9.59 Å². The topological polar surface area (TPSA) is 93.1 Å². The van der Waals surface area contributed by atoms with E-state index in [1.165, 1.54) is 37.3 Å². The van der Waals surface area contributed by atoms with E-state index in [1.54, 1.807) is 13.8 Å². The van der Waals surface area contributed by atoms with Crippen LogP contribution in [0, 0.1) is 18.7 Å². The number of carbonyl (C=O) groups excluding carboxylic acids is 2. The van der Waals surface area contributed by atoms with Crippen molar-refractivity contribution in [2.45, 2.75) is 33.7 Å². The summed E-state index contributed by atoms with van der Waals surface area (Å²) in [6.07, 6.45) is 0. The number of benzene rings is 2. The van der Waals surface area contributed by atoms with Crippen molar-refractivity contribution in [3.8, 4) is 11.3 Å². The summed E-state index contributed by atoms with van der Waals surface area (Å²) in [5.74, 6) is -1.59. The maximum atomic E-state index is 13.1.